The molecule has 2 fully saturated rings. The lowest BCUT2D eigenvalue weighted by atomic mass is 9.74. The third-order valence-electron chi connectivity index (χ3n) is 4.99. The summed E-state index contributed by atoms with van der Waals surface area (Å²) in [6, 6.07) is 7.76. The Balaban J connectivity index is 1.64. The number of nitrogens with one attached hydrogen (secondary N) is 1. The number of amides is 1. The van der Waals surface area contributed by atoms with Crippen molar-refractivity contribution in [3.05, 3.63) is 35.9 Å². The SMILES string of the molecule is COc1ccc(/C=C/C(=O)C2CC3CCCCC3NC2=O)cc1. The summed E-state index contributed by atoms with van der Waals surface area (Å²) in [6.07, 6.45) is 8.56. The third-order valence-corrected chi connectivity index (χ3v) is 4.99. The molecule has 0 radical (unpaired) electrons. The minimum atomic E-state index is -0.524. The third kappa shape index (κ3) is 3.63. The number of carbonyl (C=O) groups is 2. The monoisotopic (exact) mass is 313 g/mol. The lowest BCUT2D eigenvalue weighted by molar-refractivity contribution is -0.136. The Morgan fingerprint density at radius 3 is 2.70 bits per heavy atom. The molecule has 0 bridgehead atoms. The molecular formula is C19H23NO3. The minimum absolute atomic E-state index is 0.0951. The van der Waals surface area contributed by atoms with Crippen LogP contribution in [0.1, 0.15) is 37.7 Å². The molecule has 1 saturated heterocycles. The first-order valence-electron chi connectivity index (χ1n) is 8.34. The number of hydrogen-bond donors (Lipinski definition) is 1. The second kappa shape index (κ2) is 6.99. The van der Waals surface area contributed by atoms with Gasteiger partial charge in [0.15, 0.2) is 5.78 Å². The Kier molecular flexibility index (Phi) is 4.79. The Morgan fingerprint density at radius 2 is 1.96 bits per heavy atom. The van der Waals surface area contributed by atoms with Gasteiger partial charge in [0.2, 0.25) is 5.91 Å². The molecule has 3 rings (SSSR count). The van der Waals surface area contributed by atoms with Gasteiger partial charge in [-0.3, -0.25) is 9.59 Å². The Hall–Kier alpha value is -2.10. The Labute approximate surface area is 136 Å². The topological polar surface area (TPSA) is 55.4 Å². The van der Waals surface area contributed by atoms with Crippen molar-refractivity contribution in [3.63, 3.8) is 0 Å². The van der Waals surface area contributed by atoms with Gasteiger partial charge in [-0.05, 0) is 49.0 Å². The summed E-state index contributed by atoms with van der Waals surface area (Å²) in [5.41, 5.74) is 0.922. The van der Waals surface area contributed by atoms with Gasteiger partial charge in [0.25, 0.3) is 0 Å². The summed E-state index contributed by atoms with van der Waals surface area (Å²) >= 11 is 0. The number of carbonyl (C=O) groups excluding carboxylic acids is 2. The van der Waals surface area contributed by atoms with Crippen molar-refractivity contribution in [2.24, 2.45) is 11.8 Å². The number of allylic oxidation sites excluding steroid dienone is 1. The van der Waals surface area contributed by atoms with Gasteiger partial charge in [-0.2, -0.15) is 0 Å². The molecule has 1 heterocycles. The predicted octanol–water partition coefficient (Wildman–Crippen LogP) is 2.97. The number of hydrogen-bond acceptors (Lipinski definition) is 3. The fourth-order valence-corrected chi connectivity index (χ4v) is 3.63. The highest BCUT2D eigenvalue weighted by Crippen LogP contribution is 2.33. The lowest BCUT2D eigenvalue weighted by Crippen LogP contribution is -2.52. The first-order chi connectivity index (χ1) is 11.2. The van der Waals surface area contributed by atoms with Crippen molar-refractivity contribution in [1.82, 2.24) is 5.32 Å². The van der Waals surface area contributed by atoms with E-state index < -0.39 is 5.92 Å². The molecule has 122 valence electrons. The van der Waals surface area contributed by atoms with Crippen LogP contribution in [0.15, 0.2) is 30.3 Å². The van der Waals surface area contributed by atoms with Gasteiger partial charge in [0.05, 0.1) is 7.11 Å². The second-order valence-electron chi connectivity index (χ2n) is 6.46. The van der Waals surface area contributed by atoms with Crippen LogP contribution >= 0.6 is 0 Å². The normalized spacial score (nSPS) is 27.3. The average molecular weight is 313 g/mol. The minimum Gasteiger partial charge on any atom is -0.497 e. The van der Waals surface area contributed by atoms with E-state index >= 15 is 0 Å². The molecule has 1 aromatic carbocycles. The first-order valence-corrected chi connectivity index (χ1v) is 8.34. The van der Waals surface area contributed by atoms with E-state index in [1.165, 1.54) is 18.9 Å². The quantitative estimate of drug-likeness (QED) is 0.687. The molecular weight excluding hydrogens is 290 g/mol. The number of ketones is 1. The van der Waals surface area contributed by atoms with Gasteiger partial charge in [-0.15, -0.1) is 0 Å². The van der Waals surface area contributed by atoms with E-state index in [9.17, 15) is 9.59 Å². The van der Waals surface area contributed by atoms with E-state index in [0.29, 0.717) is 12.3 Å². The molecule has 1 amide bonds. The molecule has 3 unspecified atom stereocenters. The van der Waals surface area contributed by atoms with E-state index in [4.69, 9.17) is 4.74 Å². The van der Waals surface area contributed by atoms with Gasteiger partial charge >= 0.3 is 0 Å². The predicted molar refractivity (Wildman–Crippen MR) is 89.0 cm³/mol. The zero-order valence-electron chi connectivity index (χ0n) is 13.5. The smallest absolute Gasteiger partial charge is 0.231 e. The summed E-state index contributed by atoms with van der Waals surface area (Å²) < 4.78 is 5.11. The van der Waals surface area contributed by atoms with E-state index in [-0.39, 0.29) is 17.7 Å². The molecule has 1 aliphatic heterocycles. The van der Waals surface area contributed by atoms with Crippen LogP contribution in [0.2, 0.25) is 0 Å². The van der Waals surface area contributed by atoms with Crippen LogP contribution in [0.5, 0.6) is 5.75 Å². The molecule has 1 aliphatic carbocycles. The molecule has 3 atom stereocenters. The maximum atomic E-state index is 12.4. The molecule has 4 nitrogen and oxygen atoms in total. The van der Waals surface area contributed by atoms with Crippen LogP contribution in [0.4, 0.5) is 0 Å². The fourth-order valence-electron chi connectivity index (χ4n) is 3.63. The van der Waals surface area contributed by atoms with E-state index in [1.807, 2.05) is 24.3 Å². The van der Waals surface area contributed by atoms with Crippen molar-refractivity contribution in [2.45, 2.75) is 38.1 Å². The highest BCUT2D eigenvalue weighted by Gasteiger charge is 2.39. The van der Waals surface area contributed by atoms with Crippen LogP contribution in [-0.2, 0) is 9.59 Å². The van der Waals surface area contributed by atoms with E-state index in [0.717, 1.165) is 24.2 Å². The van der Waals surface area contributed by atoms with Crippen molar-refractivity contribution in [1.29, 1.82) is 0 Å². The number of fused-ring (bicyclic) bond motifs is 1. The molecule has 4 heteroatoms. The first kappa shape index (κ1) is 15.8. The average Bonchev–Trinajstić information content (AvgIpc) is 2.59. The number of ether oxygens (including phenoxy) is 1. The van der Waals surface area contributed by atoms with Gasteiger partial charge in [0, 0.05) is 6.04 Å². The standard InChI is InChI=1S/C19H23NO3/c1-23-15-9-6-13(7-10-15)8-11-18(21)16-12-14-4-2-3-5-17(14)20-19(16)22/h6-11,14,16-17H,2-5,12H2,1H3,(H,20,22)/b11-8+. The van der Waals surface area contributed by atoms with Crippen LogP contribution in [0, 0.1) is 11.8 Å². The van der Waals surface area contributed by atoms with E-state index in [2.05, 4.69) is 5.32 Å². The van der Waals surface area contributed by atoms with Gasteiger partial charge < -0.3 is 10.1 Å². The zero-order valence-corrected chi connectivity index (χ0v) is 13.5. The van der Waals surface area contributed by atoms with Crippen LogP contribution in [0.3, 0.4) is 0 Å². The zero-order chi connectivity index (χ0) is 16.2. The van der Waals surface area contributed by atoms with Crippen molar-refractivity contribution < 1.29 is 14.3 Å². The Bertz CT molecular complexity index is 606. The summed E-state index contributed by atoms with van der Waals surface area (Å²) in [6.45, 7) is 0. The molecule has 2 aliphatic rings. The maximum Gasteiger partial charge on any atom is 0.231 e. The fraction of sp³-hybridized carbons (Fsp3) is 0.474. The van der Waals surface area contributed by atoms with Crippen LogP contribution in [-0.4, -0.2) is 24.8 Å². The number of benzene rings is 1. The number of methoxy groups -OCH3 is 1. The number of piperidine rings is 1. The molecule has 0 spiro atoms. The van der Waals surface area contributed by atoms with Gasteiger partial charge in [-0.25, -0.2) is 0 Å². The molecule has 1 aromatic rings. The summed E-state index contributed by atoms with van der Waals surface area (Å²) in [7, 11) is 1.62. The highest BCUT2D eigenvalue weighted by molar-refractivity contribution is 6.08. The summed E-state index contributed by atoms with van der Waals surface area (Å²) in [5, 5.41) is 3.05. The Morgan fingerprint density at radius 1 is 1.22 bits per heavy atom. The van der Waals surface area contributed by atoms with Gasteiger partial charge in [-0.1, -0.05) is 31.1 Å². The van der Waals surface area contributed by atoms with Crippen molar-refractivity contribution in [3.8, 4) is 5.75 Å². The molecule has 1 saturated carbocycles. The lowest BCUT2D eigenvalue weighted by Gasteiger charge is -2.38. The largest absolute Gasteiger partial charge is 0.497 e. The van der Waals surface area contributed by atoms with Crippen molar-refractivity contribution >= 4 is 17.8 Å². The maximum absolute atomic E-state index is 12.4. The van der Waals surface area contributed by atoms with Crippen molar-refractivity contribution in [2.75, 3.05) is 7.11 Å². The molecule has 1 N–H and O–H groups in total. The summed E-state index contributed by atoms with van der Waals surface area (Å²) in [5.74, 6) is 0.525. The van der Waals surface area contributed by atoms with Crippen LogP contribution < -0.4 is 10.1 Å². The molecule has 23 heavy (non-hydrogen) atoms. The van der Waals surface area contributed by atoms with E-state index in [1.54, 1.807) is 13.2 Å². The van der Waals surface area contributed by atoms with Gasteiger partial charge in [0.1, 0.15) is 11.7 Å². The molecule has 0 aromatic heterocycles. The summed E-state index contributed by atoms with van der Waals surface area (Å²) in [4.78, 5) is 24.6. The highest BCUT2D eigenvalue weighted by atomic mass is 16.5. The number of rotatable bonds is 4. The van der Waals surface area contributed by atoms with Crippen LogP contribution in [0.25, 0.3) is 6.08 Å². The second-order valence-corrected chi connectivity index (χ2v) is 6.46.